The lowest BCUT2D eigenvalue weighted by Gasteiger charge is -2.59. The van der Waals surface area contributed by atoms with E-state index in [2.05, 4.69) is 34.5 Å². The molecule has 28 heavy (non-hydrogen) atoms. The molecule has 1 amide bonds. The Balaban J connectivity index is 1.26. The van der Waals surface area contributed by atoms with Crippen LogP contribution in [-0.2, 0) is 22.6 Å². The first-order valence-corrected chi connectivity index (χ1v) is 10.9. The van der Waals surface area contributed by atoms with E-state index in [4.69, 9.17) is 4.74 Å². The number of rotatable bonds is 5. The fourth-order valence-electron chi connectivity index (χ4n) is 6.73. The molecule has 1 aromatic carbocycles. The van der Waals surface area contributed by atoms with Crippen molar-refractivity contribution < 1.29 is 14.6 Å². The molecular formula is C23H32N2O3. The summed E-state index contributed by atoms with van der Waals surface area (Å²) >= 11 is 0. The number of carbonyl (C=O) groups is 1. The zero-order chi connectivity index (χ0) is 19.2. The van der Waals surface area contributed by atoms with Crippen LogP contribution in [0.2, 0.25) is 0 Å². The SMILES string of the molecule is O=C(NCc1ccccc1CN1CCOCC1)C12C[C@H]3C[C@@H](CC(O)(C3)C1)C2. The van der Waals surface area contributed by atoms with Gasteiger partial charge in [0.15, 0.2) is 0 Å². The third kappa shape index (κ3) is 3.49. The molecule has 1 saturated heterocycles. The second-order valence-corrected chi connectivity index (χ2v) is 9.81. The van der Waals surface area contributed by atoms with E-state index in [-0.39, 0.29) is 11.3 Å². The van der Waals surface area contributed by atoms with Gasteiger partial charge in [-0.05, 0) is 61.5 Å². The van der Waals surface area contributed by atoms with E-state index in [0.29, 0.717) is 24.8 Å². The molecule has 5 heteroatoms. The van der Waals surface area contributed by atoms with Crippen molar-refractivity contribution in [3.8, 4) is 0 Å². The first-order chi connectivity index (χ1) is 13.5. The predicted molar refractivity (Wildman–Crippen MR) is 106 cm³/mol. The number of nitrogens with one attached hydrogen (secondary N) is 1. The number of hydrogen-bond donors (Lipinski definition) is 2. The first kappa shape index (κ1) is 18.6. The zero-order valence-corrected chi connectivity index (χ0v) is 16.7. The normalized spacial score (nSPS) is 37.2. The summed E-state index contributed by atoms with van der Waals surface area (Å²) < 4.78 is 5.45. The summed E-state index contributed by atoms with van der Waals surface area (Å²) in [5.41, 5.74) is 1.56. The number of amides is 1. The van der Waals surface area contributed by atoms with Gasteiger partial charge < -0.3 is 15.2 Å². The van der Waals surface area contributed by atoms with Gasteiger partial charge in [-0.2, -0.15) is 0 Å². The third-order valence-corrected chi connectivity index (χ3v) is 7.57. The van der Waals surface area contributed by atoms with E-state index >= 15 is 0 Å². The minimum atomic E-state index is -0.588. The summed E-state index contributed by atoms with van der Waals surface area (Å²) in [5, 5.41) is 14.2. The van der Waals surface area contributed by atoms with E-state index in [9.17, 15) is 9.90 Å². The highest BCUT2D eigenvalue weighted by Crippen LogP contribution is 2.61. The summed E-state index contributed by atoms with van der Waals surface area (Å²) in [6.45, 7) is 5.01. The minimum Gasteiger partial charge on any atom is -0.390 e. The fourth-order valence-corrected chi connectivity index (χ4v) is 6.73. The minimum absolute atomic E-state index is 0.168. The van der Waals surface area contributed by atoms with Crippen molar-refractivity contribution in [2.45, 2.75) is 57.2 Å². The molecule has 6 rings (SSSR count). The van der Waals surface area contributed by atoms with Crippen molar-refractivity contribution >= 4 is 5.91 Å². The van der Waals surface area contributed by atoms with Crippen LogP contribution < -0.4 is 5.32 Å². The molecule has 5 fully saturated rings. The first-order valence-electron chi connectivity index (χ1n) is 10.9. The Morgan fingerprint density at radius 1 is 1.11 bits per heavy atom. The van der Waals surface area contributed by atoms with Crippen LogP contribution in [0.5, 0.6) is 0 Å². The molecule has 1 aliphatic heterocycles. The molecule has 1 aromatic rings. The van der Waals surface area contributed by atoms with Gasteiger partial charge in [-0.1, -0.05) is 24.3 Å². The molecule has 4 aliphatic carbocycles. The molecule has 0 unspecified atom stereocenters. The van der Waals surface area contributed by atoms with Gasteiger partial charge in [0.2, 0.25) is 5.91 Å². The standard InChI is InChI=1S/C23H32N2O3/c26-21(22-10-17-9-18(11-22)13-23(27,12-17)16-22)24-14-19-3-1-2-4-20(19)15-25-5-7-28-8-6-25/h1-4,17-18,27H,5-16H2,(H,24,26)/t17-,18-,22?,23?/m1/s1. The summed E-state index contributed by atoms with van der Waals surface area (Å²) in [7, 11) is 0. The van der Waals surface area contributed by atoms with Gasteiger partial charge in [0.1, 0.15) is 0 Å². The molecule has 0 aromatic heterocycles. The van der Waals surface area contributed by atoms with E-state index in [1.54, 1.807) is 0 Å². The van der Waals surface area contributed by atoms with E-state index < -0.39 is 5.60 Å². The molecule has 0 radical (unpaired) electrons. The smallest absolute Gasteiger partial charge is 0.226 e. The monoisotopic (exact) mass is 384 g/mol. The van der Waals surface area contributed by atoms with Crippen LogP contribution in [0.4, 0.5) is 0 Å². The van der Waals surface area contributed by atoms with E-state index in [1.165, 1.54) is 17.5 Å². The Kier molecular flexibility index (Phi) is 4.73. The largest absolute Gasteiger partial charge is 0.390 e. The summed E-state index contributed by atoms with van der Waals surface area (Å²) in [5.74, 6) is 1.23. The molecule has 4 bridgehead atoms. The Morgan fingerprint density at radius 3 is 2.46 bits per heavy atom. The highest BCUT2D eigenvalue weighted by atomic mass is 16.5. The molecule has 2 atom stereocenters. The van der Waals surface area contributed by atoms with Crippen molar-refractivity contribution in [3.63, 3.8) is 0 Å². The average Bonchev–Trinajstić information content (AvgIpc) is 2.66. The van der Waals surface area contributed by atoms with Crippen molar-refractivity contribution in [2.24, 2.45) is 17.3 Å². The number of morpholine rings is 1. The van der Waals surface area contributed by atoms with Crippen LogP contribution in [0.25, 0.3) is 0 Å². The van der Waals surface area contributed by atoms with Gasteiger partial charge in [-0.25, -0.2) is 0 Å². The van der Waals surface area contributed by atoms with E-state index in [1.807, 2.05) is 0 Å². The van der Waals surface area contributed by atoms with Crippen LogP contribution >= 0.6 is 0 Å². The summed E-state index contributed by atoms with van der Waals surface area (Å²) in [4.78, 5) is 15.7. The van der Waals surface area contributed by atoms with Crippen molar-refractivity contribution in [3.05, 3.63) is 35.4 Å². The molecule has 5 nitrogen and oxygen atoms in total. The van der Waals surface area contributed by atoms with Crippen LogP contribution in [0, 0.1) is 17.3 Å². The molecular weight excluding hydrogens is 352 g/mol. The molecule has 1 heterocycles. The van der Waals surface area contributed by atoms with Gasteiger partial charge >= 0.3 is 0 Å². The quantitative estimate of drug-likeness (QED) is 0.819. The van der Waals surface area contributed by atoms with Gasteiger partial charge in [-0.3, -0.25) is 9.69 Å². The lowest BCUT2D eigenvalue weighted by Crippen LogP contribution is -2.60. The molecule has 4 saturated carbocycles. The summed E-state index contributed by atoms with van der Waals surface area (Å²) in [6.07, 6.45) is 5.61. The number of benzene rings is 1. The van der Waals surface area contributed by atoms with Crippen LogP contribution in [0.15, 0.2) is 24.3 Å². The van der Waals surface area contributed by atoms with Crippen LogP contribution in [0.3, 0.4) is 0 Å². The average molecular weight is 385 g/mol. The van der Waals surface area contributed by atoms with Gasteiger partial charge in [-0.15, -0.1) is 0 Å². The highest BCUT2D eigenvalue weighted by Gasteiger charge is 2.60. The Morgan fingerprint density at radius 2 is 1.79 bits per heavy atom. The number of hydrogen-bond acceptors (Lipinski definition) is 4. The van der Waals surface area contributed by atoms with Gasteiger partial charge in [0.25, 0.3) is 0 Å². The number of aliphatic hydroxyl groups is 1. The Bertz CT molecular complexity index is 729. The van der Waals surface area contributed by atoms with E-state index in [0.717, 1.165) is 58.5 Å². The lowest BCUT2D eigenvalue weighted by molar-refractivity contribution is -0.178. The molecule has 0 spiro atoms. The zero-order valence-electron chi connectivity index (χ0n) is 16.7. The maximum absolute atomic E-state index is 13.3. The second-order valence-electron chi connectivity index (χ2n) is 9.81. The highest BCUT2D eigenvalue weighted by molar-refractivity contribution is 5.83. The second kappa shape index (κ2) is 7.12. The number of ether oxygens (including phenoxy) is 1. The predicted octanol–water partition coefficient (Wildman–Crippen LogP) is 2.47. The Labute approximate surface area is 167 Å². The van der Waals surface area contributed by atoms with Gasteiger partial charge in [0, 0.05) is 26.2 Å². The number of nitrogens with zero attached hydrogens (tertiary/aromatic N) is 1. The van der Waals surface area contributed by atoms with Crippen molar-refractivity contribution in [1.29, 1.82) is 0 Å². The molecule has 5 aliphatic rings. The number of carbonyl (C=O) groups excluding carboxylic acids is 1. The van der Waals surface area contributed by atoms with Crippen molar-refractivity contribution in [1.82, 2.24) is 10.2 Å². The fraction of sp³-hybridized carbons (Fsp3) is 0.696. The topological polar surface area (TPSA) is 61.8 Å². The lowest BCUT2D eigenvalue weighted by atomic mass is 9.47. The maximum atomic E-state index is 13.3. The molecule has 152 valence electrons. The van der Waals surface area contributed by atoms with Crippen LogP contribution in [-0.4, -0.2) is 47.8 Å². The van der Waals surface area contributed by atoms with Crippen LogP contribution in [0.1, 0.15) is 49.7 Å². The third-order valence-electron chi connectivity index (χ3n) is 7.57. The summed E-state index contributed by atoms with van der Waals surface area (Å²) in [6, 6.07) is 8.43. The van der Waals surface area contributed by atoms with Crippen molar-refractivity contribution in [2.75, 3.05) is 26.3 Å². The molecule has 2 N–H and O–H groups in total. The maximum Gasteiger partial charge on any atom is 0.226 e. The van der Waals surface area contributed by atoms with Gasteiger partial charge in [0.05, 0.1) is 24.2 Å². The Hall–Kier alpha value is -1.43.